The van der Waals surface area contributed by atoms with E-state index in [1.807, 2.05) is 0 Å². The third kappa shape index (κ3) is 3.26. The van der Waals surface area contributed by atoms with Crippen LogP contribution in [0.15, 0.2) is 4.99 Å². The van der Waals surface area contributed by atoms with Crippen molar-refractivity contribution in [2.45, 2.75) is 45.6 Å². The fourth-order valence-corrected chi connectivity index (χ4v) is 2.75. The second-order valence-electron chi connectivity index (χ2n) is 6.03. The van der Waals surface area contributed by atoms with Crippen molar-refractivity contribution in [1.29, 1.82) is 0 Å². The van der Waals surface area contributed by atoms with Crippen molar-refractivity contribution >= 4 is 11.9 Å². The van der Waals surface area contributed by atoms with Crippen LogP contribution in [0.2, 0.25) is 0 Å². The molecule has 2 saturated heterocycles. The Kier molecular flexibility index (Phi) is 4.45. The van der Waals surface area contributed by atoms with Gasteiger partial charge in [-0.15, -0.1) is 0 Å². The number of rotatable bonds is 3. The number of hydrogen-bond donors (Lipinski definition) is 2. The summed E-state index contributed by atoms with van der Waals surface area (Å²) >= 11 is 0. The number of nitrogens with zero attached hydrogens (tertiary/aromatic N) is 2. The highest BCUT2D eigenvalue weighted by molar-refractivity contribution is 6.09. The van der Waals surface area contributed by atoms with Crippen LogP contribution in [0.25, 0.3) is 0 Å². The SMILES string of the molecule is CCN1CCCC2(CC1)NC(=NCC(C)C)NC2=O. The smallest absolute Gasteiger partial charge is 0.252 e. The van der Waals surface area contributed by atoms with Crippen LogP contribution in [0.4, 0.5) is 0 Å². The van der Waals surface area contributed by atoms with Gasteiger partial charge >= 0.3 is 0 Å². The molecule has 5 heteroatoms. The fraction of sp³-hybridized carbons (Fsp3) is 0.857. The third-order valence-electron chi connectivity index (χ3n) is 4.02. The molecule has 0 bridgehead atoms. The first kappa shape index (κ1) is 14.3. The van der Waals surface area contributed by atoms with E-state index in [2.05, 4.69) is 41.3 Å². The lowest BCUT2D eigenvalue weighted by molar-refractivity contribution is -0.124. The van der Waals surface area contributed by atoms with E-state index in [0.29, 0.717) is 11.9 Å². The van der Waals surface area contributed by atoms with E-state index in [1.54, 1.807) is 0 Å². The minimum absolute atomic E-state index is 0.105. The van der Waals surface area contributed by atoms with E-state index in [1.165, 1.54) is 0 Å². The Labute approximate surface area is 115 Å². The van der Waals surface area contributed by atoms with Gasteiger partial charge in [-0.25, -0.2) is 0 Å². The first-order valence-electron chi connectivity index (χ1n) is 7.42. The number of aliphatic imine (C=N–C) groups is 1. The zero-order valence-electron chi connectivity index (χ0n) is 12.3. The average molecular weight is 266 g/mol. The maximum atomic E-state index is 12.3. The Hall–Kier alpha value is -1.10. The second kappa shape index (κ2) is 5.90. The minimum atomic E-state index is -0.417. The molecule has 0 saturated carbocycles. The molecule has 19 heavy (non-hydrogen) atoms. The van der Waals surface area contributed by atoms with Crippen LogP contribution >= 0.6 is 0 Å². The van der Waals surface area contributed by atoms with Gasteiger partial charge in [-0.3, -0.25) is 15.1 Å². The van der Waals surface area contributed by atoms with Crippen molar-refractivity contribution in [3.8, 4) is 0 Å². The predicted octanol–water partition coefficient (Wildman–Crippen LogP) is 0.962. The van der Waals surface area contributed by atoms with E-state index in [0.717, 1.165) is 45.4 Å². The maximum absolute atomic E-state index is 12.3. The first-order chi connectivity index (χ1) is 9.05. The molecular formula is C14H26N4O. The molecular weight excluding hydrogens is 240 g/mol. The summed E-state index contributed by atoms with van der Waals surface area (Å²) in [5.41, 5.74) is -0.417. The van der Waals surface area contributed by atoms with Crippen LogP contribution in [0.5, 0.6) is 0 Å². The zero-order chi connectivity index (χ0) is 13.9. The van der Waals surface area contributed by atoms with Gasteiger partial charge in [0.2, 0.25) is 0 Å². The molecule has 0 aromatic carbocycles. The number of carbonyl (C=O) groups is 1. The Morgan fingerprint density at radius 3 is 2.84 bits per heavy atom. The molecule has 0 radical (unpaired) electrons. The molecule has 2 N–H and O–H groups in total. The van der Waals surface area contributed by atoms with Gasteiger partial charge < -0.3 is 10.2 Å². The number of carbonyl (C=O) groups excluding carboxylic acids is 1. The van der Waals surface area contributed by atoms with Crippen LogP contribution in [0.3, 0.4) is 0 Å². The molecule has 2 fully saturated rings. The van der Waals surface area contributed by atoms with Gasteiger partial charge in [0.05, 0.1) is 0 Å². The summed E-state index contributed by atoms with van der Waals surface area (Å²) in [7, 11) is 0. The summed E-state index contributed by atoms with van der Waals surface area (Å²) in [6.07, 6.45) is 2.83. The molecule has 2 aliphatic heterocycles. The number of likely N-dealkylation sites (tertiary alicyclic amines) is 1. The molecule has 2 rings (SSSR count). The second-order valence-corrected chi connectivity index (χ2v) is 6.03. The summed E-state index contributed by atoms with van der Waals surface area (Å²) in [5.74, 6) is 1.28. The highest BCUT2D eigenvalue weighted by Crippen LogP contribution is 2.25. The number of amides is 1. The highest BCUT2D eigenvalue weighted by Gasteiger charge is 2.45. The summed E-state index contributed by atoms with van der Waals surface area (Å²) in [6.45, 7) is 10.3. The molecule has 1 amide bonds. The summed E-state index contributed by atoms with van der Waals surface area (Å²) < 4.78 is 0. The number of hydrogen-bond acceptors (Lipinski definition) is 3. The minimum Gasteiger partial charge on any atom is -0.342 e. The van der Waals surface area contributed by atoms with Crippen LogP contribution in [-0.4, -0.2) is 48.5 Å². The topological polar surface area (TPSA) is 56.7 Å². The van der Waals surface area contributed by atoms with Crippen LogP contribution in [-0.2, 0) is 4.79 Å². The quantitative estimate of drug-likeness (QED) is 0.800. The van der Waals surface area contributed by atoms with Crippen molar-refractivity contribution in [3.05, 3.63) is 0 Å². The zero-order valence-corrected chi connectivity index (χ0v) is 12.3. The van der Waals surface area contributed by atoms with Crippen molar-refractivity contribution in [3.63, 3.8) is 0 Å². The third-order valence-corrected chi connectivity index (χ3v) is 4.02. The van der Waals surface area contributed by atoms with Crippen LogP contribution in [0.1, 0.15) is 40.0 Å². The lowest BCUT2D eigenvalue weighted by atomic mass is 9.91. The Balaban J connectivity index is 2.03. The molecule has 0 aliphatic carbocycles. The molecule has 1 spiro atoms. The van der Waals surface area contributed by atoms with E-state index in [4.69, 9.17) is 0 Å². The Bertz CT molecular complexity index is 366. The van der Waals surface area contributed by atoms with E-state index in [-0.39, 0.29) is 5.91 Å². The monoisotopic (exact) mass is 266 g/mol. The van der Waals surface area contributed by atoms with Crippen molar-refractivity contribution in [1.82, 2.24) is 15.5 Å². The van der Waals surface area contributed by atoms with E-state index >= 15 is 0 Å². The number of guanidine groups is 1. The average Bonchev–Trinajstić information content (AvgIpc) is 2.56. The van der Waals surface area contributed by atoms with Crippen molar-refractivity contribution in [2.75, 3.05) is 26.2 Å². The van der Waals surface area contributed by atoms with Crippen molar-refractivity contribution < 1.29 is 4.79 Å². The molecule has 1 unspecified atom stereocenters. The highest BCUT2D eigenvalue weighted by atomic mass is 16.2. The Morgan fingerprint density at radius 2 is 2.16 bits per heavy atom. The standard InChI is InChI=1S/C14H26N4O/c1-4-18-8-5-6-14(7-9-18)12(19)16-13(17-14)15-10-11(2)3/h11H,4-10H2,1-3H3,(H2,15,16,17,19). The van der Waals surface area contributed by atoms with Crippen LogP contribution in [0, 0.1) is 5.92 Å². The molecule has 2 heterocycles. The van der Waals surface area contributed by atoms with Gasteiger partial charge in [0, 0.05) is 13.1 Å². The van der Waals surface area contributed by atoms with Gasteiger partial charge in [0.1, 0.15) is 5.54 Å². The summed E-state index contributed by atoms with van der Waals surface area (Å²) in [4.78, 5) is 19.1. The summed E-state index contributed by atoms with van der Waals surface area (Å²) in [5, 5.41) is 6.27. The lowest BCUT2D eigenvalue weighted by Crippen LogP contribution is -2.47. The molecule has 0 aromatic rings. The normalized spacial score (nSPS) is 30.7. The fourth-order valence-electron chi connectivity index (χ4n) is 2.75. The summed E-state index contributed by atoms with van der Waals surface area (Å²) in [6, 6.07) is 0. The van der Waals surface area contributed by atoms with Gasteiger partial charge in [-0.2, -0.15) is 0 Å². The molecule has 1 atom stereocenters. The van der Waals surface area contributed by atoms with Crippen molar-refractivity contribution in [2.24, 2.45) is 10.9 Å². The number of nitrogens with one attached hydrogen (secondary N) is 2. The van der Waals surface area contributed by atoms with Gasteiger partial charge in [0.15, 0.2) is 5.96 Å². The van der Waals surface area contributed by atoms with Gasteiger partial charge in [-0.05, 0) is 38.3 Å². The predicted molar refractivity (Wildman–Crippen MR) is 77.1 cm³/mol. The van der Waals surface area contributed by atoms with Crippen LogP contribution < -0.4 is 10.6 Å². The van der Waals surface area contributed by atoms with E-state index in [9.17, 15) is 4.79 Å². The molecule has 2 aliphatic rings. The lowest BCUT2D eigenvalue weighted by Gasteiger charge is -2.24. The van der Waals surface area contributed by atoms with Gasteiger partial charge in [0.25, 0.3) is 5.91 Å². The van der Waals surface area contributed by atoms with E-state index < -0.39 is 5.54 Å². The molecule has 0 aromatic heterocycles. The maximum Gasteiger partial charge on any atom is 0.252 e. The molecule has 108 valence electrons. The Morgan fingerprint density at radius 1 is 1.37 bits per heavy atom. The molecule has 5 nitrogen and oxygen atoms in total. The first-order valence-corrected chi connectivity index (χ1v) is 7.42. The van der Waals surface area contributed by atoms with Gasteiger partial charge in [-0.1, -0.05) is 20.8 Å². The largest absolute Gasteiger partial charge is 0.342 e.